The smallest absolute Gasteiger partial charge is 0.351 e. The Bertz CT molecular complexity index is 737. The number of anilines is 2. The Balaban J connectivity index is 2.17. The molecule has 0 saturated carbocycles. The van der Waals surface area contributed by atoms with Gasteiger partial charge in [0.05, 0.1) is 0 Å². The van der Waals surface area contributed by atoms with Crippen LogP contribution in [0, 0.1) is 11.6 Å². The molecule has 0 fully saturated rings. The van der Waals surface area contributed by atoms with E-state index in [1.807, 2.05) is 5.32 Å². The fourth-order valence-corrected chi connectivity index (χ4v) is 1.72. The first-order valence-corrected chi connectivity index (χ1v) is 6.62. The molecule has 1 amide bonds. The zero-order chi connectivity index (χ0) is 17.7. The van der Waals surface area contributed by atoms with E-state index in [1.165, 1.54) is 12.1 Å². The summed E-state index contributed by atoms with van der Waals surface area (Å²) in [5.74, 6) is -2.20. The number of hydrogen-bond donors (Lipinski definition) is 2. The number of alkyl halides is 3. The Labute approximate surface area is 133 Å². The summed E-state index contributed by atoms with van der Waals surface area (Å²) in [6, 6.07) is 8.70. The molecule has 0 heterocycles. The fourth-order valence-electron chi connectivity index (χ4n) is 1.72. The van der Waals surface area contributed by atoms with Crippen molar-refractivity contribution in [2.45, 2.75) is 6.18 Å². The molecule has 24 heavy (non-hydrogen) atoms. The van der Waals surface area contributed by atoms with E-state index in [9.17, 15) is 26.7 Å². The van der Waals surface area contributed by atoms with Crippen LogP contribution < -0.4 is 10.6 Å². The van der Waals surface area contributed by atoms with E-state index in [1.54, 1.807) is 0 Å². The molecule has 0 spiro atoms. The van der Waals surface area contributed by atoms with Crippen molar-refractivity contribution >= 4 is 17.3 Å². The van der Waals surface area contributed by atoms with Crippen LogP contribution in [0.4, 0.5) is 33.3 Å². The van der Waals surface area contributed by atoms with Crippen LogP contribution >= 0.6 is 0 Å². The van der Waals surface area contributed by atoms with Gasteiger partial charge in [0, 0.05) is 17.5 Å². The second-order valence-corrected chi connectivity index (χ2v) is 4.68. The summed E-state index contributed by atoms with van der Waals surface area (Å²) < 4.78 is 64.5. The van der Waals surface area contributed by atoms with Crippen molar-refractivity contribution in [3.05, 3.63) is 71.9 Å². The number of halogens is 5. The van der Waals surface area contributed by atoms with Gasteiger partial charge in [-0.05, 0) is 48.5 Å². The molecule has 2 aromatic rings. The number of benzene rings is 2. The van der Waals surface area contributed by atoms with Gasteiger partial charge in [0.1, 0.15) is 17.3 Å². The van der Waals surface area contributed by atoms with Crippen LogP contribution in [0.1, 0.15) is 0 Å². The molecule has 3 nitrogen and oxygen atoms in total. The van der Waals surface area contributed by atoms with Gasteiger partial charge in [0.2, 0.25) is 5.91 Å². The molecule has 2 rings (SSSR count). The van der Waals surface area contributed by atoms with E-state index in [0.29, 0.717) is 6.08 Å². The molecule has 0 radical (unpaired) electrons. The Morgan fingerprint density at radius 2 is 1.21 bits per heavy atom. The molecule has 2 aromatic carbocycles. The van der Waals surface area contributed by atoms with E-state index in [4.69, 9.17) is 0 Å². The predicted octanol–water partition coefficient (Wildman–Crippen LogP) is 4.46. The number of hydrogen-bond acceptors (Lipinski definition) is 2. The third-order valence-electron chi connectivity index (χ3n) is 2.82. The molecule has 0 bridgehead atoms. The fraction of sp³-hybridized carbons (Fsp3) is 0.0625. The average Bonchev–Trinajstić information content (AvgIpc) is 2.50. The summed E-state index contributed by atoms with van der Waals surface area (Å²) in [6.45, 7) is 0. The van der Waals surface area contributed by atoms with Gasteiger partial charge in [-0.3, -0.25) is 4.79 Å². The maximum Gasteiger partial charge on any atom is 0.431 e. The van der Waals surface area contributed by atoms with E-state index in [-0.39, 0.29) is 11.4 Å². The molecule has 126 valence electrons. The quantitative estimate of drug-likeness (QED) is 0.636. The Morgan fingerprint density at radius 1 is 0.792 bits per heavy atom. The highest BCUT2D eigenvalue weighted by atomic mass is 19.4. The Hall–Kier alpha value is -2.90. The SMILES string of the molecule is O=C(/C=C(/Nc1ccc(F)cc1)C(F)(F)F)Nc1ccc(F)cc1. The van der Waals surface area contributed by atoms with Crippen LogP contribution in [-0.2, 0) is 4.79 Å². The first-order valence-electron chi connectivity index (χ1n) is 6.62. The summed E-state index contributed by atoms with van der Waals surface area (Å²) in [5, 5.41) is 4.21. The normalized spacial score (nSPS) is 12.0. The number of carbonyl (C=O) groups is 1. The summed E-state index contributed by atoms with van der Waals surface area (Å²) >= 11 is 0. The molecule has 2 N–H and O–H groups in total. The van der Waals surface area contributed by atoms with Crippen LogP contribution in [0.15, 0.2) is 60.3 Å². The second kappa shape index (κ2) is 7.12. The molecule has 0 aliphatic heterocycles. The molecule has 8 heteroatoms. The molecule has 0 aliphatic rings. The van der Waals surface area contributed by atoms with E-state index in [0.717, 1.165) is 36.4 Å². The van der Waals surface area contributed by atoms with Crippen molar-refractivity contribution in [3.63, 3.8) is 0 Å². The van der Waals surface area contributed by atoms with Crippen molar-refractivity contribution in [1.29, 1.82) is 0 Å². The minimum atomic E-state index is -4.82. The lowest BCUT2D eigenvalue weighted by molar-refractivity contribution is -0.113. The van der Waals surface area contributed by atoms with Gasteiger partial charge in [-0.25, -0.2) is 8.78 Å². The molecule has 0 aliphatic carbocycles. The highest BCUT2D eigenvalue weighted by Gasteiger charge is 2.34. The van der Waals surface area contributed by atoms with Crippen molar-refractivity contribution in [1.82, 2.24) is 0 Å². The van der Waals surface area contributed by atoms with Gasteiger partial charge >= 0.3 is 6.18 Å². The van der Waals surface area contributed by atoms with Crippen LogP contribution in [0.5, 0.6) is 0 Å². The highest BCUT2D eigenvalue weighted by molar-refractivity contribution is 6.00. The minimum Gasteiger partial charge on any atom is -0.351 e. The van der Waals surface area contributed by atoms with Gasteiger partial charge in [-0.2, -0.15) is 13.2 Å². The minimum absolute atomic E-state index is 0.0328. The molecular formula is C16H11F5N2O. The van der Waals surface area contributed by atoms with Crippen molar-refractivity contribution in [2.75, 3.05) is 10.6 Å². The van der Waals surface area contributed by atoms with Crippen LogP contribution in [0.2, 0.25) is 0 Å². The maximum absolute atomic E-state index is 13.0. The molecule has 0 saturated heterocycles. The monoisotopic (exact) mass is 342 g/mol. The van der Waals surface area contributed by atoms with Gasteiger partial charge in [-0.1, -0.05) is 0 Å². The van der Waals surface area contributed by atoms with E-state index >= 15 is 0 Å². The lowest BCUT2D eigenvalue weighted by Crippen LogP contribution is -2.22. The maximum atomic E-state index is 13.0. The molecule has 0 unspecified atom stereocenters. The Kier molecular flexibility index (Phi) is 5.18. The van der Waals surface area contributed by atoms with Gasteiger partial charge in [-0.15, -0.1) is 0 Å². The lowest BCUT2D eigenvalue weighted by atomic mass is 10.2. The lowest BCUT2D eigenvalue weighted by Gasteiger charge is -2.14. The predicted molar refractivity (Wildman–Crippen MR) is 79.2 cm³/mol. The third-order valence-corrected chi connectivity index (χ3v) is 2.82. The van der Waals surface area contributed by atoms with Gasteiger partial charge < -0.3 is 10.6 Å². The van der Waals surface area contributed by atoms with Crippen LogP contribution in [0.25, 0.3) is 0 Å². The molecule has 0 aromatic heterocycles. The van der Waals surface area contributed by atoms with Crippen LogP contribution in [0.3, 0.4) is 0 Å². The number of nitrogens with one attached hydrogen (secondary N) is 2. The van der Waals surface area contributed by atoms with Gasteiger partial charge in [0.15, 0.2) is 0 Å². The third kappa shape index (κ3) is 5.08. The van der Waals surface area contributed by atoms with Crippen molar-refractivity contribution < 1.29 is 26.7 Å². The number of allylic oxidation sites excluding steroid dienone is 1. The summed E-state index contributed by atoms with van der Waals surface area (Å²) in [6.07, 6.45) is -4.50. The summed E-state index contributed by atoms with van der Waals surface area (Å²) in [4.78, 5) is 11.7. The second-order valence-electron chi connectivity index (χ2n) is 4.68. The van der Waals surface area contributed by atoms with Gasteiger partial charge in [0.25, 0.3) is 0 Å². The number of amides is 1. The largest absolute Gasteiger partial charge is 0.431 e. The highest BCUT2D eigenvalue weighted by Crippen LogP contribution is 2.27. The first kappa shape index (κ1) is 17.5. The zero-order valence-corrected chi connectivity index (χ0v) is 12.0. The van der Waals surface area contributed by atoms with Crippen molar-refractivity contribution in [3.8, 4) is 0 Å². The topological polar surface area (TPSA) is 41.1 Å². The summed E-state index contributed by atoms with van der Waals surface area (Å²) in [5.41, 5.74) is -1.22. The molecular weight excluding hydrogens is 331 g/mol. The molecule has 0 atom stereocenters. The number of rotatable bonds is 4. The standard InChI is InChI=1S/C16H11F5N2O/c17-10-1-5-12(6-2-10)22-14(16(19,20)21)9-15(24)23-13-7-3-11(18)4-8-13/h1-9,22H,(H,23,24)/b14-9+. The van der Waals surface area contributed by atoms with E-state index in [2.05, 4.69) is 5.32 Å². The van der Waals surface area contributed by atoms with Crippen molar-refractivity contribution in [2.24, 2.45) is 0 Å². The first-order chi connectivity index (χ1) is 11.2. The summed E-state index contributed by atoms with van der Waals surface area (Å²) in [7, 11) is 0. The average molecular weight is 342 g/mol. The Morgan fingerprint density at radius 3 is 1.62 bits per heavy atom. The van der Waals surface area contributed by atoms with E-state index < -0.39 is 29.4 Å². The number of carbonyl (C=O) groups excluding carboxylic acids is 1. The van der Waals surface area contributed by atoms with Crippen LogP contribution in [-0.4, -0.2) is 12.1 Å². The zero-order valence-electron chi connectivity index (χ0n) is 12.0.